The number of nitrogens with zero attached hydrogens (tertiary/aromatic N) is 4. The molecule has 0 aliphatic carbocycles. The van der Waals surface area contributed by atoms with E-state index in [4.69, 9.17) is 0 Å². The molecule has 2 aliphatic heterocycles. The highest BCUT2D eigenvalue weighted by Gasteiger charge is 2.72. The van der Waals surface area contributed by atoms with Crippen molar-refractivity contribution in [3.63, 3.8) is 0 Å². The van der Waals surface area contributed by atoms with E-state index in [0.29, 0.717) is 0 Å². The van der Waals surface area contributed by atoms with Crippen LogP contribution >= 0.6 is 11.8 Å². The normalized spacial score (nSPS) is 28.4. The summed E-state index contributed by atoms with van der Waals surface area (Å²) in [5, 5.41) is 16.4. The van der Waals surface area contributed by atoms with E-state index in [2.05, 4.69) is 25.9 Å². The standard InChI is InChI=1S/C17H18N6O3S/c1-9(24)12(25)18-17(15-19-21-22-20-15)16(2,3)27-14-11(13(26)23(14)17)10-7-5-4-6-8-10/h4-8,11,14H,1-3H3,(H,18,25)(H,19,20,21,22)/t11?,14-,17?/m1/s1. The number of tetrazole rings is 1. The van der Waals surface area contributed by atoms with Crippen molar-refractivity contribution in [1.29, 1.82) is 0 Å². The van der Waals surface area contributed by atoms with Crippen LogP contribution < -0.4 is 5.32 Å². The summed E-state index contributed by atoms with van der Waals surface area (Å²) in [6.07, 6.45) is 0. The van der Waals surface area contributed by atoms with Crippen molar-refractivity contribution in [3.05, 3.63) is 41.7 Å². The maximum atomic E-state index is 13.2. The first-order chi connectivity index (χ1) is 12.8. The van der Waals surface area contributed by atoms with Gasteiger partial charge in [0.15, 0.2) is 11.5 Å². The lowest BCUT2D eigenvalue weighted by Gasteiger charge is -2.50. The molecule has 2 unspecified atom stereocenters. The highest BCUT2D eigenvalue weighted by Crippen LogP contribution is 2.62. The molecule has 2 amide bonds. The zero-order chi connectivity index (χ0) is 19.4. The molecule has 1 aromatic carbocycles. The van der Waals surface area contributed by atoms with Gasteiger partial charge in [-0.2, -0.15) is 0 Å². The van der Waals surface area contributed by atoms with Gasteiger partial charge in [0.1, 0.15) is 0 Å². The minimum atomic E-state index is -1.35. The monoisotopic (exact) mass is 386 g/mol. The molecule has 10 heteroatoms. The number of aromatic nitrogens is 4. The molecule has 0 bridgehead atoms. The molecule has 2 aliphatic rings. The second kappa shape index (κ2) is 5.88. The number of Topliss-reactive ketones (excluding diaryl/α,β-unsaturated/α-hetero) is 1. The zero-order valence-corrected chi connectivity index (χ0v) is 15.8. The number of H-pyrrole nitrogens is 1. The summed E-state index contributed by atoms with van der Waals surface area (Å²) in [5.74, 6) is -1.71. The number of β-lactam (4-membered cyclic amide) rings is 1. The van der Waals surface area contributed by atoms with Crippen LogP contribution in [0.1, 0.15) is 38.1 Å². The van der Waals surface area contributed by atoms with E-state index in [0.717, 1.165) is 5.56 Å². The van der Waals surface area contributed by atoms with E-state index in [-0.39, 0.29) is 23.0 Å². The van der Waals surface area contributed by atoms with Gasteiger partial charge >= 0.3 is 0 Å². The summed E-state index contributed by atoms with van der Waals surface area (Å²) < 4.78 is -0.691. The summed E-state index contributed by atoms with van der Waals surface area (Å²) in [6.45, 7) is 4.97. The number of aromatic amines is 1. The number of carbonyl (C=O) groups is 3. The molecule has 2 fully saturated rings. The molecule has 2 N–H and O–H groups in total. The van der Waals surface area contributed by atoms with Gasteiger partial charge in [-0.05, 0) is 29.8 Å². The van der Waals surface area contributed by atoms with Crippen molar-refractivity contribution in [2.45, 2.75) is 42.5 Å². The van der Waals surface area contributed by atoms with Crippen LogP contribution in [0.2, 0.25) is 0 Å². The molecule has 4 rings (SSSR count). The molecule has 140 valence electrons. The number of fused-ring (bicyclic) bond motifs is 1. The number of benzene rings is 1. The third kappa shape index (κ3) is 2.32. The smallest absolute Gasteiger partial charge is 0.289 e. The van der Waals surface area contributed by atoms with E-state index in [9.17, 15) is 14.4 Å². The van der Waals surface area contributed by atoms with Crippen molar-refractivity contribution in [3.8, 4) is 0 Å². The Bertz CT molecular complexity index is 916. The van der Waals surface area contributed by atoms with Crippen LogP contribution in [0.25, 0.3) is 0 Å². The van der Waals surface area contributed by atoms with Gasteiger partial charge in [-0.1, -0.05) is 30.3 Å². The van der Waals surface area contributed by atoms with E-state index < -0.39 is 22.1 Å². The SMILES string of the molecule is CC(=O)C(=O)NC1(c2nnn[nH]2)N2C(=O)C(c3ccccc3)[C@H]2SC1(C)C. The largest absolute Gasteiger partial charge is 0.319 e. The van der Waals surface area contributed by atoms with Crippen molar-refractivity contribution < 1.29 is 14.4 Å². The lowest BCUT2D eigenvalue weighted by molar-refractivity contribution is -0.161. The van der Waals surface area contributed by atoms with Crippen molar-refractivity contribution in [1.82, 2.24) is 30.8 Å². The van der Waals surface area contributed by atoms with E-state index in [1.807, 2.05) is 44.2 Å². The molecular weight excluding hydrogens is 368 g/mol. The quantitative estimate of drug-likeness (QED) is 0.581. The van der Waals surface area contributed by atoms with Gasteiger partial charge in [-0.25, -0.2) is 5.10 Å². The Balaban J connectivity index is 1.81. The first-order valence-electron chi connectivity index (χ1n) is 8.43. The number of amides is 2. The fourth-order valence-electron chi connectivity index (χ4n) is 3.82. The Kier molecular flexibility index (Phi) is 3.84. The van der Waals surface area contributed by atoms with Gasteiger partial charge in [0.05, 0.1) is 16.0 Å². The molecule has 3 heterocycles. The van der Waals surface area contributed by atoms with Crippen molar-refractivity contribution in [2.75, 3.05) is 0 Å². The third-order valence-electron chi connectivity index (χ3n) is 5.15. The summed E-state index contributed by atoms with van der Waals surface area (Å²) in [6, 6.07) is 9.51. The maximum absolute atomic E-state index is 13.2. The number of rotatable bonds is 4. The molecule has 9 nitrogen and oxygen atoms in total. The molecule has 3 atom stereocenters. The fourth-order valence-corrected chi connectivity index (χ4v) is 5.62. The van der Waals surface area contributed by atoms with Gasteiger partial charge in [-0.15, -0.1) is 16.9 Å². The lowest BCUT2D eigenvalue weighted by atomic mass is 9.82. The number of nitrogens with one attached hydrogen (secondary N) is 2. The second-order valence-corrected chi connectivity index (χ2v) is 8.83. The lowest BCUT2D eigenvalue weighted by Crippen LogP contribution is -2.71. The topological polar surface area (TPSA) is 121 Å². The molecule has 1 aromatic heterocycles. The Labute approximate surface area is 159 Å². The molecule has 0 radical (unpaired) electrons. The van der Waals surface area contributed by atoms with Crippen LogP contribution in [-0.2, 0) is 20.0 Å². The number of hydrogen-bond donors (Lipinski definition) is 2. The van der Waals surface area contributed by atoms with E-state index >= 15 is 0 Å². The highest BCUT2D eigenvalue weighted by molar-refractivity contribution is 8.01. The third-order valence-corrected chi connectivity index (χ3v) is 6.76. The molecule has 0 saturated carbocycles. The van der Waals surface area contributed by atoms with E-state index in [1.165, 1.54) is 6.92 Å². The predicted molar refractivity (Wildman–Crippen MR) is 96.2 cm³/mol. The van der Waals surface area contributed by atoms with Crippen molar-refractivity contribution in [2.24, 2.45) is 0 Å². The van der Waals surface area contributed by atoms with Gasteiger partial charge in [0, 0.05) is 6.92 Å². The molecule has 0 spiro atoms. The first kappa shape index (κ1) is 17.7. The Morgan fingerprint density at radius 2 is 1.96 bits per heavy atom. The molecule has 2 aromatic rings. The van der Waals surface area contributed by atoms with Crippen LogP contribution in [-0.4, -0.2) is 53.2 Å². The fraction of sp³-hybridized carbons (Fsp3) is 0.412. The minimum Gasteiger partial charge on any atom is -0.319 e. The second-order valence-electron chi connectivity index (χ2n) is 7.09. The van der Waals surface area contributed by atoms with Crippen LogP contribution in [0.3, 0.4) is 0 Å². The van der Waals surface area contributed by atoms with Crippen LogP contribution in [0.15, 0.2) is 30.3 Å². The average molecular weight is 386 g/mol. The number of thioether (sulfide) groups is 1. The average Bonchev–Trinajstić information content (AvgIpc) is 3.21. The maximum Gasteiger partial charge on any atom is 0.289 e. The van der Waals surface area contributed by atoms with Gasteiger partial charge in [0.25, 0.3) is 5.91 Å². The summed E-state index contributed by atoms with van der Waals surface area (Å²) in [4.78, 5) is 38.7. The Morgan fingerprint density at radius 3 is 2.56 bits per heavy atom. The van der Waals surface area contributed by atoms with Gasteiger partial charge < -0.3 is 5.32 Å². The predicted octanol–water partition coefficient (Wildman–Crippen LogP) is 0.535. The van der Waals surface area contributed by atoms with Gasteiger partial charge in [0.2, 0.25) is 11.7 Å². The molecule has 2 saturated heterocycles. The van der Waals surface area contributed by atoms with Crippen LogP contribution in [0, 0.1) is 0 Å². The van der Waals surface area contributed by atoms with Gasteiger partial charge in [-0.3, -0.25) is 19.3 Å². The number of hydrogen-bond acceptors (Lipinski definition) is 7. The summed E-state index contributed by atoms with van der Waals surface area (Å²) >= 11 is 1.55. The van der Waals surface area contributed by atoms with E-state index in [1.54, 1.807) is 16.7 Å². The summed E-state index contributed by atoms with van der Waals surface area (Å²) in [7, 11) is 0. The molecular formula is C17H18N6O3S. The highest BCUT2D eigenvalue weighted by atomic mass is 32.2. The number of ketones is 1. The molecule has 27 heavy (non-hydrogen) atoms. The van der Waals surface area contributed by atoms with Crippen LogP contribution in [0.4, 0.5) is 0 Å². The zero-order valence-electron chi connectivity index (χ0n) is 15.0. The summed E-state index contributed by atoms with van der Waals surface area (Å²) in [5.41, 5.74) is -0.437. The van der Waals surface area contributed by atoms with Crippen molar-refractivity contribution >= 4 is 29.4 Å². The Morgan fingerprint density at radius 1 is 1.26 bits per heavy atom. The van der Waals surface area contributed by atoms with Crippen LogP contribution in [0.5, 0.6) is 0 Å². The first-order valence-corrected chi connectivity index (χ1v) is 9.31. The Hall–Kier alpha value is -2.75. The minimum absolute atomic E-state index is 0.149. The number of carbonyl (C=O) groups excluding carboxylic acids is 3.